The number of carbonyl (C=O) groups excluding carboxylic acids is 2. The average Bonchev–Trinajstić information content (AvgIpc) is 2.51. The molecular formula is C16H29NO4. The van der Waals surface area contributed by atoms with Crippen molar-refractivity contribution < 1.29 is 19.4 Å². The third-order valence-electron chi connectivity index (χ3n) is 2.52. The molecule has 0 bridgehead atoms. The number of unbranched alkanes of at least 4 members (excludes halogenated alkanes) is 5. The Labute approximate surface area is 128 Å². The average molecular weight is 299 g/mol. The molecule has 0 spiro atoms. The summed E-state index contributed by atoms with van der Waals surface area (Å²) >= 11 is 0. The summed E-state index contributed by atoms with van der Waals surface area (Å²) in [5.74, 6) is -0.562. The van der Waals surface area contributed by atoms with Crippen molar-refractivity contribution in [2.24, 2.45) is 0 Å². The minimum Gasteiger partial charge on any atom is -0.460 e. The van der Waals surface area contributed by atoms with Gasteiger partial charge in [0.15, 0.2) is 0 Å². The first-order valence-electron chi connectivity index (χ1n) is 7.42. The lowest BCUT2D eigenvalue weighted by Crippen LogP contribution is -2.21. The molecule has 122 valence electrons. The van der Waals surface area contributed by atoms with Gasteiger partial charge in [0.2, 0.25) is 5.91 Å². The lowest BCUT2D eigenvalue weighted by molar-refractivity contribution is -0.138. The topological polar surface area (TPSA) is 75.6 Å². The molecular weight excluding hydrogens is 270 g/mol. The van der Waals surface area contributed by atoms with Crippen LogP contribution in [0.3, 0.4) is 0 Å². The van der Waals surface area contributed by atoms with Crippen molar-refractivity contribution in [3.63, 3.8) is 0 Å². The number of ether oxygens (including phenoxy) is 1. The van der Waals surface area contributed by atoms with Crippen LogP contribution in [0.25, 0.3) is 0 Å². The van der Waals surface area contributed by atoms with Gasteiger partial charge in [0, 0.05) is 12.6 Å². The summed E-state index contributed by atoms with van der Waals surface area (Å²) in [6, 6.07) is 0. The fourth-order valence-electron chi connectivity index (χ4n) is 1.39. The molecule has 0 rings (SSSR count). The van der Waals surface area contributed by atoms with Crippen LogP contribution in [0.4, 0.5) is 0 Å². The molecule has 0 saturated carbocycles. The smallest absolute Gasteiger partial charge is 0.330 e. The van der Waals surface area contributed by atoms with Gasteiger partial charge in [-0.15, -0.1) is 0 Å². The monoisotopic (exact) mass is 299 g/mol. The molecule has 5 nitrogen and oxygen atoms in total. The first-order chi connectivity index (χ1) is 10.1. The quantitative estimate of drug-likeness (QED) is 0.349. The molecule has 0 aromatic heterocycles. The summed E-state index contributed by atoms with van der Waals surface area (Å²) in [4.78, 5) is 20.8. The maximum atomic E-state index is 10.7. The molecule has 0 aromatic rings. The van der Waals surface area contributed by atoms with E-state index in [-0.39, 0.29) is 19.1 Å². The maximum Gasteiger partial charge on any atom is 0.330 e. The van der Waals surface area contributed by atoms with Gasteiger partial charge in [0.25, 0.3) is 0 Å². The van der Waals surface area contributed by atoms with Crippen molar-refractivity contribution in [3.05, 3.63) is 25.3 Å². The number of aliphatic hydroxyl groups is 1. The molecule has 5 heteroatoms. The number of hydrogen-bond acceptors (Lipinski definition) is 4. The van der Waals surface area contributed by atoms with Crippen molar-refractivity contribution in [2.75, 3.05) is 19.8 Å². The van der Waals surface area contributed by atoms with Crippen LogP contribution in [-0.4, -0.2) is 36.7 Å². The number of esters is 1. The van der Waals surface area contributed by atoms with Gasteiger partial charge in [-0.3, -0.25) is 4.79 Å². The molecule has 0 saturated heterocycles. The number of rotatable bonds is 11. The summed E-state index contributed by atoms with van der Waals surface area (Å²) in [6.07, 6.45) is 9.91. The maximum absolute atomic E-state index is 10.7. The van der Waals surface area contributed by atoms with Crippen LogP contribution in [0.5, 0.6) is 0 Å². The van der Waals surface area contributed by atoms with E-state index in [9.17, 15) is 9.59 Å². The summed E-state index contributed by atoms with van der Waals surface area (Å²) in [7, 11) is 0. The van der Waals surface area contributed by atoms with Crippen LogP contribution in [0, 0.1) is 0 Å². The van der Waals surface area contributed by atoms with Gasteiger partial charge in [0.05, 0.1) is 6.61 Å². The third kappa shape index (κ3) is 20.8. The molecule has 0 aliphatic heterocycles. The normalized spacial score (nSPS) is 9.05. The predicted molar refractivity (Wildman–Crippen MR) is 84.8 cm³/mol. The highest BCUT2D eigenvalue weighted by Gasteiger charge is 1.93. The predicted octanol–water partition coefficient (Wildman–Crippen LogP) is 2.36. The van der Waals surface area contributed by atoms with Crippen LogP contribution in [-0.2, 0) is 14.3 Å². The lowest BCUT2D eigenvalue weighted by Gasteiger charge is -2.01. The van der Waals surface area contributed by atoms with Gasteiger partial charge in [-0.1, -0.05) is 52.2 Å². The lowest BCUT2D eigenvalue weighted by atomic mass is 10.1. The van der Waals surface area contributed by atoms with E-state index in [0.717, 1.165) is 19.0 Å². The van der Waals surface area contributed by atoms with Crippen molar-refractivity contribution in [3.8, 4) is 0 Å². The molecule has 21 heavy (non-hydrogen) atoms. The zero-order valence-corrected chi connectivity index (χ0v) is 13.1. The first kappa shape index (κ1) is 21.7. The fourth-order valence-corrected chi connectivity index (χ4v) is 1.39. The number of amides is 1. The van der Waals surface area contributed by atoms with Crippen molar-refractivity contribution >= 4 is 11.9 Å². The molecule has 0 heterocycles. The Hall–Kier alpha value is -1.62. The summed E-state index contributed by atoms with van der Waals surface area (Å²) in [5.41, 5.74) is 0. The molecule has 2 N–H and O–H groups in total. The molecule has 0 radical (unpaired) electrons. The Bertz CT molecular complexity index is 290. The van der Waals surface area contributed by atoms with E-state index in [1.54, 1.807) is 0 Å². The van der Waals surface area contributed by atoms with Gasteiger partial charge in [-0.25, -0.2) is 4.79 Å². The van der Waals surface area contributed by atoms with Gasteiger partial charge < -0.3 is 15.2 Å². The van der Waals surface area contributed by atoms with Crippen molar-refractivity contribution in [1.29, 1.82) is 0 Å². The number of aliphatic hydroxyl groups excluding tert-OH is 1. The Balaban J connectivity index is 0. The third-order valence-corrected chi connectivity index (χ3v) is 2.52. The van der Waals surface area contributed by atoms with Gasteiger partial charge in [0.1, 0.15) is 6.61 Å². The Morgan fingerprint density at radius 1 is 1.10 bits per heavy atom. The summed E-state index contributed by atoms with van der Waals surface area (Å²) < 4.78 is 4.33. The molecule has 0 atom stereocenters. The summed E-state index contributed by atoms with van der Waals surface area (Å²) in [5, 5.41) is 10.9. The van der Waals surface area contributed by atoms with Crippen LogP contribution in [0.15, 0.2) is 25.3 Å². The standard InChI is InChI=1S/C11H21NO.C5H8O3/c1-3-5-6-7-8-9-10-12-11(13)4-2;1-2-5(7)8-4-3-6/h4H,2-3,5-10H2,1H3,(H,12,13);2,6H,1,3-4H2. The Kier molecular flexibility index (Phi) is 19.0. The molecule has 0 fully saturated rings. The molecule has 0 aliphatic carbocycles. The van der Waals surface area contributed by atoms with E-state index in [4.69, 9.17) is 5.11 Å². The van der Waals surface area contributed by atoms with E-state index in [1.165, 1.54) is 38.2 Å². The zero-order chi connectivity index (χ0) is 16.3. The van der Waals surface area contributed by atoms with E-state index < -0.39 is 5.97 Å². The van der Waals surface area contributed by atoms with Gasteiger partial charge >= 0.3 is 5.97 Å². The molecule has 1 amide bonds. The van der Waals surface area contributed by atoms with E-state index in [0.29, 0.717) is 0 Å². The van der Waals surface area contributed by atoms with E-state index >= 15 is 0 Å². The highest BCUT2D eigenvalue weighted by molar-refractivity contribution is 5.86. The minimum atomic E-state index is -0.501. The van der Waals surface area contributed by atoms with Crippen LogP contribution in [0.2, 0.25) is 0 Å². The van der Waals surface area contributed by atoms with Crippen LogP contribution >= 0.6 is 0 Å². The van der Waals surface area contributed by atoms with Gasteiger partial charge in [-0.2, -0.15) is 0 Å². The second kappa shape index (κ2) is 18.4. The molecule has 0 unspecified atom stereocenters. The zero-order valence-electron chi connectivity index (χ0n) is 13.1. The van der Waals surface area contributed by atoms with Crippen molar-refractivity contribution in [1.82, 2.24) is 5.32 Å². The molecule has 0 aromatic carbocycles. The number of carbonyl (C=O) groups is 2. The number of hydrogen-bond donors (Lipinski definition) is 2. The highest BCUT2D eigenvalue weighted by Crippen LogP contribution is 2.03. The minimum absolute atomic E-state index is 0.0465. The highest BCUT2D eigenvalue weighted by atomic mass is 16.5. The number of nitrogens with one attached hydrogen (secondary N) is 1. The Morgan fingerprint density at radius 3 is 2.24 bits per heavy atom. The second-order valence-corrected chi connectivity index (χ2v) is 4.36. The summed E-state index contributed by atoms with van der Waals surface area (Å²) in [6.45, 7) is 9.45. The van der Waals surface area contributed by atoms with Gasteiger partial charge in [-0.05, 0) is 12.5 Å². The fraction of sp³-hybridized carbons (Fsp3) is 0.625. The van der Waals surface area contributed by atoms with E-state index in [2.05, 4.69) is 30.1 Å². The van der Waals surface area contributed by atoms with Crippen molar-refractivity contribution in [2.45, 2.75) is 45.4 Å². The van der Waals surface area contributed by atoms with E-state index in [1.807, 2.05) is 0 Å². The van der Waals surface area contributed by atoms with Crippen LogP contribution < -0.4 is 5.32 Å². The SMILES string of the molecule is C=CC(=O)NCCCCCCCC.C=CC(=O)OCCO. The second-order valence-electron chi connectivity index (χ2n) is 4.36. The molecule has 0 aliphatic rings. The largest absolute Gasteiger partial charge is 0.460 e. The van der Waals surface area contributed by atoms with Crippen LogP contribution in [0.1, 0.15) is 45.4 Å². The Morgan fingerprint density at radius 2 is 1.71 bits per heavy atom. The first-order valence-corrected chi connectivity index (χ1v) is 7.42.